The molecule has 5 heteroatoms. The molecule has 0 saturated heterocycles. The van der Waals surface area contributed by atoms with Crippen molar-refractivity contribution in [2.75, 3.05) is 0 Å². The predicted octanol–water partition coefficient (Wildman–Crippen LogP) is 3.45. The Morgan fingerprint density at radius 3 is 2.35 bits per heavy atom. The molecule has 1 aromatic heterocycles. The van der Waals surface area contributed by atoms with E-state index in [4.69, 9.17) is 0 Å². The van der Waals surface area contributed by atoms with Gasteiger partial charge in [-0.25, -0.2) is 4.98 Å². The fourth-order valence-corrected chi connectivity index (χ4v) is 2.06. The first-order chi connectivity index (χ1) is 9.75. The van der Waals surface area contributed by atoms with Crippen LogP contribution in [0.3, 0.4) is 0 Å². The zero-order chi connectivity index (χ0) is 13.9. The molecule has 2 aromatic carbocycles. The van der Waals surface area contributed by atoms with Gasteiger partial charge in [0.15, 0.2) is 0 Å². The van der Waals surface area contributed by atoms with Crippen molar-refractivity contribution in [3.8, 4) is 16.9 Å². The number of rotatable bonds is 3. The van der Waals surface area contributed by atoms with Crippen LogP contribution in [-0.4, -0.2) is 14.5 Å². The topological polar surface area (TPSA) is 61.0 Å². The van der Waals surface area contributed by atoms with E-state index in [1.807, 2.05) is 34.9 Å². The molecule has 3 rings (SSSR count). The second-order valence-corrected chi connectivity index (χ2v) is 4.29. The van der Waals surface area contributed by atoms with Crippen LogP contribution in [0.15, 0.2) is 67.1 Å². The molecule has 0 aliphatic heterocycles. The van der Waals surface area contributed by atoms with Crippen molar-refractivity contribution in [2.24, 2.45) is 0 Å². The van der Waals surface area contributed by atoms with Crippen LogP contribution in [0.2, 0.25) is 0 Å². The molecule has 0 spiro atoms. The van der Waals surface area contributed by atoms with E-state index in [0.29, 0.717) is 0 Å². The van der Waals surface area contributed by atoms with E-state index in [0.717, 1.165) is 16.9 Å². The molecule has 0 N–H and O–H groups in total. The highest BCUT2D eigenvalue weighted by Crippen LogP contribution is 2.24. The zero-order valence-corrected chi connectivity index (χ0v) is 10.5. The minimum atomic E-state index is -0.404. The summed E-state index contributed by atoms with van der Waals surface area (Å²) >= 11 is 0. The molecule has 0 aliphatic carbocycles. The van der Waals surface area contributed by atoms with Gasteiger partial charge in [0.1, 0.15) is 0 Å². The lowest BCUT2D eigenvalue weighted by atomic mass is 10.1. The number of imidazole rings is 1. The molecule has 0 amide bonds. The molecule has 5 nitrogen and oxygen atoms in total. The number of benzene rings is 2. The first-order valence-corrected chi connectivity index (χ1v) is 6.08. The van der Waals surface area contributed by atoms with Crippen LogP contribution in [0.5, 0.6) is 0 Å². The van der Waals surface area contributed by atoms with Crippen molar-refractivity contribution in [1.29, 1.82) is 0 Å². The number of nitrogens with zero attached hydrogens (tertiary/aromatic N) is 3. The molecule has 1 heterocycles. The smallest absolute Gasteiger partial charge is 0.269 e. The summed E-state index contributed by atoms with van der Waals surface area (Å²) in [6.07, 6.45) is 3.47. The average molecular weight is 265 g/mol. The van der Waals surface area contributed by atoms with E-state index < -0.39 is 4.92 Å². The summed E-state index contributed by atoms with van der Waals surface area (Å²) in [5.41, 5.74) is 2.86. The minimum Gasteiger partial charge on any atom is -0.299 e. The van der Waals surface area contributed by atoms with Crippen LogP contribution < -0.4 is 0 Å². The first kappa shape index (κ1) is 12.1. The molecular weight excluding hydrogens is 254 g/mol. The van der Waals surface area contributed by atoms with Crippen molar-refractivity contribution in [2.45, 2.75) is 0 Å². The van der Waals surface area contributed by atoms with Gasteiger partial charge >= 0.3 is 0 Å². The lowest BCUT2D eigenvalue weighted by Crippen LogP contribution is -1.95. The van der Waals surface area contributed by atoms with Gasteiger partial charge in [0, 0.05) is 23.4 Å². The molecule has 3 aromatic rings. The Hall–Kier alpha value is -2.95. The second kappa shape index (κ2) is 4.97. The van der Waals surface area contributed by atoms with Crippen LogP contribution in [0.4, 0.5) is 5.69 Å². The highest BCUT2D eigenvalue weighted by molar-refractivity contribution is 5.63. The van der Waals surface area contributed by atoms with Gasteiger partial charge < -0.3 is 0 Å². The lowest BCUT2D eigenvalue weighted by Gasteiger charge is -2.07. The maximum absolute atomic E-state index is 10.7. The maximum atomic E-state index is 10.7. The van der Waals surface area contributed by atoms with Crippen LogP contribution in [-0.2, 0) is 0 Å². The summed E-state index contributed by atoms with van der Waals surface area (Å²) in [7, 11) is 0. The van der Waals surface area contributed by atoms with E-state index in [1.165, 1.54) is 12.1 Å². The number of nitro groups is 1. The second-order valence-electron chi connectivity index (χ2n) is 4.29. The Bertz CT molecular complexity index is 733. The third-order valence-electron chi connectivity index (χ3n) is 3.05. The fourth-order valence-electron chi connectivity index (χ4n) is 2.06. The highest BCUT2D eigenvalue weighted by Gasteiger charge is 2.09. The Balaban J connectivity index is 2.04. The Kier molecular flexibility index (Phi) is 3.01. The van der Waals surface area contributed by atoms with Crippen LogP contribution >= 0.6 is 0 Å². The van der Waals surface area contributed by atoms with E-state index in [-0.39, 0.29) is 5.69 Å². The van der Waals surface area contributed by atoms with Gasteiger partial charge in [-0.05, 0) is 24.3 Å². The van der Waals surface area contributed by atoms with Crippen molar-refractivity contribution >= 4 is 5.69 Å². The zero-order valence-electron chi connectivity index (χ0n) is 10.5. The van der Waals surface area contributed by atoms with Crippen molar-refractivity contribution in [3.05, 3.63) is 77.2 Å². The Morgan fingerprint density at radius 1 is 1.00 bits per heavy atom. The summed E-state index contributed by atoms with van der Waals surface area (Å²) in [5.74, 6) is 0. The number of non-ortho nitro benzene ring substituents is 1. The first-order valence-electron chi connectivity index (χ1n) is 6.08. The van der Waals surface area contributed by atoms with Crippen molar-refractivity contribution < 1.29 is 4.92 Å². The number of aromatic nitrogens is 2. The number of para-hydroxylation sites is 1. The van der Waals surface area contributed by atoms with Gasteiger partial charge in [-0.1, -0.05) is 18.2 Å². The normalized spacial score (nSPS) is 10.4. The SMILES string of the molecule is O=[N+]([O-])c1ccc(-c2cncn2-c2ccccc2)cc1. The van der Waals surface area contributed by atoms with Gasteiger partial charge in [0.25, 0.3) is 5.69 Å². The Labute approximate surface area is 115 Å². The van der Waals surface area contributed by atoms with E-state index in [9.17, 15) is 10.1 Å². The van der Waals surface area contributed by atoms with Gasteiger partial charge in [-0.2, -0.15) is 0 Å². The summed E-state index contributed by atoms with van der Waals surface area (Å²) in [6.45, 7) is 0. The standard InChI is InChI=1S/C15H11N3O2/c19-18(20)14-8-6-12(7-9-14)15-10-16-11-17(15)13-4-2-1-3-5-13/h1-11H. The lowest BCUT2D eigenvalue weighted by molar-refractivity contribution is -0.384. The summed E-state index contributed by atoms with van der Waals surface area (Å²) in [4.78, 5) is 14.4. The molecule has 0 bridgehead atoms. The molecular formula is C15H11N3O2. The van der Waals surface area contributed by atoms with Gasteiger partial charge in [0.2, 0.25) is 0 Å². The van der Waals surface area contributed by atoms with Gasteiger partial charge in [-0.3, -0.25) is 14.7 Å². The van der Waals surface area contributed by atoms with Gasteiger partial charge in [0.05, 0.1) is 23.1 Å². The van der Waals surface area contributed by atoms with Crippen LogP contribution in [0.25, 0.3) is 16.9 Å². The quantitative estimate of drug-likeness (QED) is 0.538. The fraction of sp³-hybridized carbons (Fsp3) is 0. The molecule has 20 heavy (non-hydrogen) atoms. The number of hydrogen-bond acceptors (Lipinski definition) is 3. The van der Waals surface area contributed by atoms with Gasteiger partial charge in [-0.15, -0.1) is 0 Å². The molecule has 98 valence electrons. The third-order valence-corrected chi connectivity index (χ3v) is 3.05. The molecule has 0 radical (unpaired) electrons. The van der Waals surface area contributed by atoms with E-state index >= 15 is 0 Å². The monoisotopic (exact) mass is 265 g/mol. The van der Waals surface area contributed by atoms with Crippen LogP contribution in [0, 0.1) is 10.1 Å². The predicted molar refractivity (Wildman–Crippen MR) is 75.7 cm³/mol. The van der Waals surface area contributed by atoms with E-state index in [1.54, 1.807) is 24.7 Å². The molecule has 0 unspecified atom stereocenters. The van der Waals surface area contributed by atoms with Crippen molar-refractivity contribution in [3.63, 3.8) is 0 Å². The minimum absolute atomic E-state index is 0.0829. The number of hydrogen-bond donors (Lipinski definition) is 0. The average Bonchev–Trinajstić information content (AvgIpc) is 2.97. The molecule has 0 aliphatic rings. The maximum Gasteiger partial charge on any atom is 0.269 e. The Morgan fingerprint density at radius 2 is 1.70 bits per heavy atom. The third kappa shape index (κ3) is 2.16. The number of nitro benzene ring substituents is 1. The summed E-state index contributed by atoms with van der Waals surface area (Å²) in [6, 6.07) is 16.3. The molecule has 0 atom stereocenters. The van der Waals surface area contributed by atoms with Crippen molar-refractivity contribution in [1.82, 2.24) is 9.55 Å². The molecule has 0 saturated carbocycles. The van der Waals surface area contributed by atoms with Crippen LogP contribution in [0.1, 0.15) is 0 Å². The summed E-state index contributed by atoms with van der Waals surface area (Å²) in [5, 5.41) is 10.7. The largest absolute Gasteiger partial charge is 0.299 e. The highest BCUT2D eigenvalue weighted by atomic mass is 16.6. The van der Waals surface area contributed by atoms with E-state index in [2.05, 4.69) is 4.98 Å². The molecule has 0 fully saturated rings. The summed E-state index contributed by atoms with van der Waals surface area (Å²) < 4.78 is 1.95.